The lowest BCUT2D eigenvalue weighted by Crippen LogP contribution is -2.57. The van der Waals surface area contributed by atoms with Gasteiger partial charge in [0.25, 0.3) is 0 Å². The number of aryl methyl sites for hydroxylation is 1. The Bertz CT molecular complexity index is 813. The number of carboxylic acid groups (broad SMARTS) is 1. The molecule has 0 spiro atoms. The lowest BCUT2D eigenvalue weighted by molar-refractivity contribution is -0.160. The molecule has 2 amide bonds. The van der Waals surface area contributed by atoms with E-state index in [1.165, 1.54) is 0 Å². The van der Waals surface area contributed by atoms with Gasteiger partial charge < -0.3 is 10.4 Å². The molecule has 0 aromatic carbocycles. The van der Waals surface area contributed by atoms with E-state index in [1.54, 1.807) is 23.1 Å². The Morgan fingerprint density at radius 1 is 1.46 bits per heavy atom. The number of carbonyl (C=O) groups is 2. The maximum atomic E-state index is 12.4. The third-order valence-corrected chi connectivity index (χ3v) is 6.23. The molecule has 1 aliphatic carbocycles. The summed E-state index contributed by atoms with van der Waals surface area (Å²) < 4.78 is 1.63. The van der Waals surface area contributed by atoms with E-state index < -0.39 is 5.97 Å². The molecule has 3 rings (SSSR count). The number of hydrogen-bond acceptors (Lipinski definition) is 4. The van der Waals surface area contributed by atoms with Crippen LogP contribution in [0.25, 0.3) is 11.3 Å². The van der Waals surface area contributed by atoms with Gasteiger partial charge >= 0.3 is 12.0 Å². The Hall–Kier alpha value is -2.35. The van der Waals surface area contributed by atoms with Crippen LogP contribution in [0.1, 0.15) is 27.2 Å². The topological polar surface area (TPSA) is 96.3 Å². The van der Waals surface area contributed by atoms with Crippen LogP contribution >= 0.6 is 11.3 Å². The summed E-state index contributed by atoms with van der Waals surface area (Å²) in [5.74, 6) is -0.391. The molecule has 1 unspecified atom stereocenters. The lowest BCUT2D eigenvalue weighted by atomic mass is 9.53. The van der Waals surface area contributed by atoms with Crippen LogP contribution in [-0.4, -0.2) is 32.9 Å². The molecule has 140 valence electrons. The fourth-order valence-electron chi connectivity index (χ4n) is 3.82. The minimum atomic E-state index is -0.765. The second-order valence-electron chi connectivity index (χ2n) is 7.49. The van der Waals surface area contributed by atoms with Crippen LogP contribution < -0.4 is 10.6 Å². The highest BCUT2D eigenvalue weighted by Gasteiger charge is 2.53. The van der Waals surface area contributed by atoms with E-state index in [9.17, 15) is 14.7 Å². The van der Waals surface area contributed by atoms with Crippen molar-refractivity contribution in [2.75, 3.05) is 5.32 Å². The van der Waals surface area contributed by atoms with E-state index in [0.717, 1.165) is 11.3 Å². The number of aliphatic carboxylic acids is 1. The van der Waals surface area contributed by atoms with Crippen molar-refractivity contribution in [1.82, 2.24) is 15.1 Å². The summed E-state index contributed by atoms with van der Waals surface area (Å²) in [7, 11) is 1.78. The zero-order valence-electron chi connectivity index (χ0n) is 15.3. The minimum Gasteiger partial charge on any atom is -0.481 e. The zero-order valence-corrected chi connectivity index (χ0v) is 16.1. The first-order valence-corrected chi connectivity index (χ1v) is 9.51. The van der Waals surface area contributed by atoms with Gasteiger partial charge in [0.05, 0.1) is 11.6 Å². The van der Waals surface area contributed by atoms with Gasteiger partial charge in [-0.1, -0.05) is 13.8 Å². The van der Waals surface area contributed by atoms with Gasteiger partial charge in [-0.15, -0.1) is 0 Å². The Labute approximate surface area is 156 Å². The van der Waals surface area contributed by atoms with Gasteiger partial charge in [0.15, 0.2) is 0 Å². The highest BCUT2D eigenvalue weighted by atomic mass is 32.1. The molecule has 1 saturated carbocycles. The summed E-state index contributed by atoms with van der Waals surface area (Å²) >= 11 is 1.60. The number of carbonyl (C=O) groups excluding carboxylic acids is 1. The summed E-state index contributed by atoms with van der Waals surface area (Å²) in [6.07, 6.45) is 0.581. The minimum absolute atomic E-state index is 0.120. The second-order valence-corrected chi connectivity index (χ2v) is 8.27. The fraction of sp³-hybridized carbons (Fsp3) is 0.500. The molecule has 1 fully saturated rings. The van der Waals surface area contributed by atoms with Crippen LogP contribution in [0.2, 0.25) is 0 Å². The number of aromatic nitrogens is 2. The number of nitrogens with one attached hydrogen (secondary N) is 2. The molecule has 0 bridgehead atoms. The first-order valence-electron chi connectivity index (χ1n) is 8.57. The van der Waals surface area contributed by atoms with Crippen molar-refractivity contribution in [2.24, 2.45) is 24.3 Å². The number of nitrogens with zero attached hydrogens (tertiary/aromatic N) is 2. The molecule has 0 radical (unpaired) electrons. The summed E-state index contributed by atoms with van der Waals surface area (Å²) in [5.41, 5.74) is 1.49. The quantitative estimate of drug-likeness (QED) is 0.745. The number of rotatable bonds is 5. The van der Waals surface area contributed by atoms with Crippen LogP contribution in [0.5, 0.6) is 0 Å². The highest BCUT2D eigenvalue weighted by Crippen LogP contribution is 2.52. The molecular weight excluding hydrogens is 352 g/mol. The standard InChI is InChI=1S/C18H24N4O3S/c1-10(12-7-13(16(23)24)18(12,2)3)19-17(25)20-15-8-14(21-22(15)4)11-5-6-26-9-11/h5-6,8-10,12-13H,7H2,1-4H3,(H,23,24)(H2,19,20,25)/t10?,12-,13+/m0/s1. The summed E-state index contributed by atoms with van der Waals surface area (Å²) in [6.45, 7) is 5.82. The average molecular weight is 376 g/mol. The van der Waals surface area contributed by atoms with E-state index in [-0.39, 0.29) is 29.3 Å². The van der Waals surface area contributed by atoms with Crippen LogP contribution in [0.4, 0.5) is 10.6 Å². The van der Waals surface area contributed by atoms with E-state index in [4.69, 9.17) is 0 Å². The van der Waals surface area contributed by atoms with Crippen molar-refractivity contribution in [3.63, 3.8) is 0 Å². The number of anilines is 1. The molecule has 2 aromatic heterocycles. The number of hydrogen-bond donors (Lipinski definition) is 3. The fourth-order valence-corrected chi connectivity index (χ4v) is 4.47. The summed E-state index contributed by atoms with van der Waals surface area (Å²) in [6, 6.07) is 3.38. The molecule has 2 heterocycles. The smallest absolute Gasteiger partial charge is 0.320 e. The maximum Gasteiger partial charge on any atom is 0.320 e. The molecule has 26 heavy (non-hydrogen) atoms. The largest absolute Gasteiger partial charge is 0.481 e. The van der Waals surface area contributed by atoms with Crippen LogP contribution in [-0.2, 0) is 11.8 Å². The zero-order chi connectivity index (χ0) is 19.1. The Morgan fingerprint density at radius 3 is 2.77 bits per heavy atom. The van der Waals surface area contributed by atoms with Crippen LogP contribution in [0.15, 0.2) is 22.9 Å². The summed E-state index contributed by atoms with van der Waals surface area (Å²) in [4.78, 5) is 23.6. The number of urea groups is 1. The first-order chi connectivity index (χ1) is 12.2. The van der Waals surface area contributed by atoms with E-state index in [1.807, 2.05) is 43.7 Å². The van der Waals surface area contributed by atoms with E-state index >= 15 is 0 Å². The van der Waals surface area contributed by atoms with Crippen LogP contribution in [0.3, 0.4) is 0 Å². The van der Waals surface area contributed by atoms with Gasteiger partial charge in [-0.2, -0.15) is 16.4 Å². The molecule has 3 atom stereocenters. The molecule has 3 N–H and O–H groups in total. The van der Waals surface area contributed by atoms with Crippen molar-refractivity contribution in [3.05, 3.63) is 22.9 Å². The van der Waals surface area contributed by atoms with Gasteiger partial charge in [0, 0.05) is 30.1 Å². The Morgan fingerprint density at radius 2 is 2.19 bits per heavy atom. The average Bonchev–Trinajstić information content (AvgIpc) is 3.16. The Balaban J connectivity index is 1.60. The predicted molar refractivity (Wildman–Crippen MR) is 101 cm³/mol. The normalized spacial score (nSPS) is 22.3. The monoisotopic (exact) mass is 376 g/mol. The molecule has 7 nitrogen and oxygen atoms in total. The number of thiophene rings is 1. The maximum absolute atomic E-state index is 12.4. The highest BCUT2D eigenvalue weighted by molar-refractivity contribution is 7.08. The van der Waals surface area contributed by atoms with Crippen molar-refractivity contribution in [1.29, 1.82) is 0 Å². The Kier molecular flexibility index (Phi) is 4.79. The SMILES string of the molecule is CC(NC(=O)Nc1cc(-c2ccsc2)nn1C)[C@@H]1C[C@H](C(=O)O)C1(C)C. The van der Waals surface area contributed by atoms with Crippen molar-refractivity contribution in [3.8, 4) is 11.3 Å². The van der Waals surface area contributed by atoms with Crippen molar-refractivity contribution >= 4 is 29.2 Å². The van der Waals surface area contributed by atoms with Gasteiger partial charge in [0.2, 0.25) is 0 Å². The predicted octanol–water partition coefficient (Wildman–Crippen LogP) is 3.41. The van der Waals surface area contributed by atoms with Gasteiger partial charge in [-0.05, 0) is 36.1 Å². The van der Waals surface area contributed by atoms with Gasteiger partial charge in [-0.25, -0.2) is 4.79 Å². The molecule has 8 heteroatoms. The number of carboxylic acids is 1. The van der Waals surface area contributed by atoms with Gasteiger partial charge in [-0.3, -0.25) is 14.8 Å². The molecule has 2 aromatic rings. The lowest BCUT2D eigenvalue weighted by Gasteiger charge is -2.52. The molecule has 0 saturated heterocycles. The van der Waals surface area contributed by atoms with E-state index in [0.29, 0.717) is 12.2 Å². The first kappa shape index (κ1) is 18.4. The summed E-state index contributed by atoms with van der Waals surface area (Å²) in [5, 5.41) is 23.4. The third-order valence-electron chi connectivity index (χ3n) is 5.54. The number of amides is 2. The van der Waals surface area contributed by atoms with E-state index in [2.05, 4.69) is 15.7 Å². The molecule has 0 aliphatic heterocycles. The second kappa shape index (κ2) is 6.75. The van der Waals surface area contributed by atoms with Crippen molar-refractivity contribution < 1.29 is 14.7 Å². The third kappa shape index (κ3) is 3.33. The van der Waals surface area contributed by atoms with Crippen molar-refractivity contribution in [2.45, 2.75) is 33.2 Å². The van der Waals surface area contributed by atoms with Gasteiger partial charge in [0.1, 0.15) is 5.82 Å². The molecular formula is C18H24N4O3S. The van der Waals surface area contributed by atoms with Crippen LogP contribution in [0, 0.1) is 17.3 Å². The molecule has 1 aliphatic rings.